The second-order valence-corrected chi connectivity index (χ2v) is 9.04. The topological polar surface area (TPSA) is 111 Å². The van der Waals surface area contributed by atoms with Crippen LogP contribution in [-0.2, 0) is 23.0 Å². The lowest BCUT2D eigenvalue weighted by molar-refractivity contribution is 0.414. The summed E-state index contributed by atoms with van der Waals surface area (Å²) in [5, 5.41) is 16.1. The van der Waals surface area contributed by atoms with Gasteiger partial charge in [0.1, 0.15) is 11.6 Å². The molecule has 0 saturated heterocycles. The molecular formula is C22H24N6O3S. The molecule has 0 saturated carbocycles. The van der Waals surface area contributed by atoms with E-state index in [0.29, 0.717) is 30.3 Å². The van der Waals surface area contributed by atoms with Crippen molar-refractivity contribution in [2.24, 2.45) is 0 Å². The summed E-state index contributed by atoms with van der Waals surface area (Å²) in [6.45, 7) is 2.63. The van der Waals surface area contributed by atoms with E-state index in [1.165, 1.54) is 0 Å². The summed E-state index contributed by atoms with van der Waals surface area (Å²) < 4.78 is 34.4. The quantitative estimate of drug-likeness (QED) is 0.402. The monoisotopic (exact) mass is 452 g/mol. The van der Waals surface area contributed by atoms with E-state index in [9.17, 15) is 8.42 Å². The molecule has 0 aliphatic carbocycles. The molecule has 4 aromatic rings. The number of nitrogens with one attached hydrogen (secondary N) is 2. The zero-order chi connectivity index (χ0) is 22.6. The van der Waals surface area contributed by atoms with Gasteiger partial charge in [-0.2, -0.15) is 4.52 Å². The number of nitrogens with zero attached hydrogens (tertiary/aromatic N) is 4. The van der Waals surface area contributed by atoms with Crippen LogP contribution in [0.1, 0.15) is 17.0 Å². The van der Waals surface area contributed by atoms with Crippen LogP contribution in [0.4, 0.5) is 5.82 Å². The molecule has 9 nitrogen and oxygen atoms in total. The smallest absolute Gasteiger partial charge is 0.240 e. The summed E-state index contributed by atoms with van der Waals surface area (Å²) in [4.78, 5) is 0.242. The first kappa shape index (κ1) is 21.7. The zero-order valence-electron chi connectivity index (χ0n) is 17.8. The first-order chi connectivity index (χ1) is 15.4. The largest absolute Gasteiger partial charge is 0.497 e. The van der Waals surface area contributed by atoms with E-state index in [-0.39, 0.29) is 11.4 Å². The van der Waals surface area contributed by atoms with Gasteiger partial charge in [-0.3, -0.25) is 0 Å². The fraction of sp³-hybridized carbons (Fsp3) is 0.227. The van der Waals surface area contributed by atoms with E-state index in [2.05, 4.69) is 25.3 Å². The van der Waals surface area contributed by atoms with Gasteiger partial charge < -0.3 is 10.1 Å². The molecule has 166 valence electrons. The lowest BCUT2D eigenvalue weighted by Crippen LogP contribution is -2.26. The number of ether oxygens (including phenoxy) is 1. The van der Waals surface area contributed by atoms with E-state index >= 15 is 0 Å². The van der Waals surface area contributed by atoms with E-state index < -0.39 is 10.0 Å². The first-order valence-corrected chi connectivity index (χ1v) is 11.6. The van der Waals surface area contributed by atoms with Gasteiger partial charge in [-0.25, -0.2) is 13.1 Å². The molecule has 0 aliphatic rings. The Kier molecular flexibility index (Phi) is 6.33. The standard InChI is InChI=1S/C22H24N6O3S/c1-16-4-3-5-19(14-16)32(29,30)24-13-12-22-26-25-21-11-10-20(27-28(21)22)23-15-17-6-8-18(31-2)9-7-17/h3-11,14,24H,12-13,15H2,1-2H3,(H,23,27). The second-order valence-electron chi connectivity index (χ2n) is 7.27. The van der Waals surface area contributed by atoms with Crippen molar-refractivity contribution in [1.82, 2.24) is 24.5 Å². The molecule has 0 amide bonds. The predicted octanol–water partition coefficient (Wildman–Crippen LogP) is 2.57. The van der Waals surface area contributed by atoms with Gasteiger partial charge in [-0.05, 0) is 54.4 Å². The molecule has 2 N–H and O–H groups in total. The van der Waals surface area contributed by atoms with Crippen LogP contribution < -0.4 is 14.8 Å². The lowest BCUT2D eigenvalue weighted by atomic mass is 10.2. The van der Waals surface area contributed by atoms with Gasteiger partial charge in [0.2, 0.25) is 10.0 Å². The van der Waals surface area contributed by atoms with Crippen molar-refractivity contribution < 1.29 is 13.2 Å². The molecule has 10 heteroatoms. The molecule has 0 bridgehead atoms. The van der Waals surface area contributed by atoms with Gasteiger partial charge >= 0.3 is 0 Å². The van der Waals surface area contributed by atoms with Crippen LogP contribution in [0.25, 0.3) is 5.65 Å². The van der Waals surface area contributed by atoms with Crippen LogP contribution in [0.2, 0.25) is 0 Å². The van der Waals surface area contributed by atoms with Crippen LogP contribution in [0.5, 0.6) is 5.75 Å². The summed E-state index contributed by atoms with van der Waals surface area (Å²) in [5.74, 6) is 2.04. The molecular weight excluding hydrogens is 428 g/mol. The van der Waals surface area contributed by atoms with E-state index in [0.717, 1.165) is 16.9 Å². The Hall–Kier alpha value is -3.50. The van der Waals surface area contributed by atoms with Crippen molar-refractivity contribution in [3.63, 3.8) is 0 Å². The minimum absolute atomic E-state index is 0.183. The molecule has 2 aromatic carbocycles. The van der Waals surface area contributed by atoms with Crippen molar-refractivity contribution in [3.8, 4) is 5.75 Å². The molecule has 4 rings (SSSR count). The van der Waals surface area contributed by atoms with Crippen molar-refractivity contribution in [1.29, 1.82) is 0 Å². The van der Waals surface area contributed by atoms with Crippen LogP contribution in [0.3, 0.4) is 0 Å². The number of hydrogen-bond acceptors (Lipinski definition) is 7. The highest BCUT2D eigenvalue weighted by atomic mass is 32.2. The molecule has 0 aliphatic heterocycles. The van der Waals surface area contributed by atoms with Crippen LogP contribution in [-0.4, -0.2) is 41.9 Å². The SMILES string of the molecule is COc1ccc(CNc2ccc3nnc(CCNS(=O)(=O)c4cccc(C)c4)n3n2)cc1. The minimum atomic E-state index is -3.59. The highest BCUT2D eigenvalue weighted by Crippen LogP contribution is 2.14. The van der Waals surface area contributed by atoms with Crippen molar-refractivity contribution in [2.75, 3.05) is 19.0 Å². The fourth-order valence-corrected chi connectivity index (χ4v) is 4.32. The summed E-state index contributed by atoms with van der Waals surface area (Å²) in [7, 11) is -1.96. The first-order valence-electron chi connectivity index (χ1n) is 10.1. The van der Waals surface area contributed by atoms with E-state index in [1.54, 1.807) is 29.8 Å². The summed E-state index contributed by atoms with van der Waals surface area (Å²) in [6, 6.07) is 18.2. The Morgan fingerprint density at radius 2 is 1.84 bits per heavy atom. The Bertz CT molecular complexity index is 1320. The maximum Gasteiger partial charge on any atom is 0.240 e. The number of fused-ring (bicyclic) bond motifs is 1. The Morgan fingerprint density at radius 1 is 1.03 bits per heavy atom. The van der Waals surface area contributed by atoms with Crippen LogP contribution in [0, 0.1) is 6.92 Å². The van der Waals surface area contributed by atoms with Crippen molar-refractivity contribution >= 4 is 21.5 Å². The predicted molar refractivity (Wildman–Crippen MR) is 121 cm³/mol. The number of anilines is 1. The third-order valence-corrected chi connectivity index (χ3v) is 6.36. The number of sulfonamides is 1. The van der Waals surface area contributed by atoms with Crippen LogP contribution in [0.15, 0.2) is 65.6 Å². The Balaban J connectivity index is 1.41. The van der Waals surface area contributed by atoms with Gasteiger partial charge in [0.15, 0.2) is 11.5 Å². The molecule has 2 aromatic heterocycles. The number of aromatic nitrogens is 4. The molecule has 0 unspecified atom stereocenters. The van der Waals surface area contributed by atoms with E-state index in [1.807, 2.05) is 49.4 Å². The molecule has 0 atom stereocenters. The maximum absolute atomic E-state index is 12.5. The molecule has 2 heterocycles. The average molecular weight is 453 g/mol. The number of rotatable bonds is 9. The highest BCUT2D eigenvalue weighted by molar-refractivity contribution is 7.89. The van der Waals surface area contributed by atoms with Gasteiger partial charge in [-0.15, -0.1) is 15.3 Å². The zero-order valence-corrected chi connectivity index (χ0v) is 18.6. The normalized spacial score (nSPS) is 11.6. The molecule has 0 spiro atoms. The van der Waals surface area contributed by atoms with Gasteiger partial charge in [0.05, 0.1) is 12.0 Å². The highest BCUT2D eigenvalue weighted by Gasteiger charge is 2.15. The average Bonchev–Trinajstić information content (AvgIpc) is 3.20. The summed E-state index contributed by atoms with van der Waals surface area (Å²) in [5.41, 5.74) is 2.56. The van der Waals surface area contributed by atoms with Crippen molar-refractivity contribution in [2.45, 2.75) is 24.8 Å². The second kappa shape index (κ2) is 9.33. The third-order valence-electron chi connectivity index (χ3n) is 4.90. The fourth-order valence-electron chi connectivity index (χ4n) is 3.18. The molecule has 0 fully saturated rings. The molecule has 0 radical (unpaired) electrons. The third kappa shape index (κ3) is 5.04. The Morgan fingerprint density at radius 3 is 2.59 bits per heavy atom. The maximum atomic E-state index is 12.5. The Labute approximate surface area is 186 Å². The van der Waals surface area contributed by atoms with Crippen molar-refractivity contribution in [3.05, 3.63) is 77.6 Å². The number of hydrogen-bond donors (Lipinski definition) is 2. The summed E-state index contributed by atoms with van der Waals surface area (Å²) in [6.07, 6.45) is 0.348. The lowest BCUT2D eigenvalue weighted by Gasteiger charge is -2.08. The van der Waals surface area contributed by atoms with Gasteiger partial charge in [0.25, 0.3) is 0 Å². The van der Waals surface area contributed by atoms with Gasteiger partial charge in [-0.1, -0.05) is 24.3 Å². The van der Waals surface area contributed by atoms with Crippen LogP contribution >= 0.6 is 0 Å². The molecule has 32 heavy (non-hydrogen) atoms. The summed E-state index contributed by atoms with van der Waals surface area (Å²) >= 11 is 0. The minimum Gasteiger partial charge on any atom is -0.497 e. The number of methoxy groups -OCH3 is 1. The van der Waals surface area contributed by atoms with E-state index in [4.69, 9.17) is 4.74 Å². The van der Waals surface area contributed by atoms with Gasteiger partial charge in [0, 0.05) is 19.5 Å². The number of aryl methyl sites for hydroxylation is 1. The number of benzene rings is 2.